The summed E-state index contributed by atoms with van der Waals surface area (Å²) in [5.41, 5.74) is 0.513. The number of carbonyl (C=O) groups excluding carboxylic acids is 2. The number of piperidine rings is 2. The maximum atomic E-state index is 12.9. The van der Waals surface area contributed by atoms with Gasteiger partial charge in [-0.05, 0) is 52.6 Å². The summed E-state index contributed by atoms with van der Waals surface area (Å²) in [4.78, 5) is 38.8. The fourth-order valence-corrected chi connectivity index (χ4v) is 5.84. The van der Waals surface area contributed by atoms with Gasteiger partial charge in [0, 0.05) is 56.7 Å². The van der Waals surface area contributed by atoms with Crippen LogP contribution in [-0.4, -0.2) is 107 Å². The van der Waals surface area contributed by atoms with Crippen LogP contribution in [0, 0.1) is 0 Å². The summed E-state index contributed by atoms with van der Waals surface area (Å²) in [7, 11) is 0. The van der Waals surface area contributed by atoms with Gasteiger partial charge in [-0.1, -0.05) is 6.42 Å². The molecule has 3 saturated heterocycles. The summed E-state index contributed by atoms with van der Waals surface area (Å²) >= 11 is 1.47. The van der Waals surface area contributed by atoms with Gasteiger partial charge >= 0.3 is 0 Å². The molecule has 1 aromatic heterocycles. The lowest BCUT2D eigenvalue weighted by molar-refractivity contribution is -0.134. The number of hydrogen-bond acceptors (Lipinski definition) is 7. The first-order valence-corrected chi connectivity index (χ1v) is 13.1. The number of aromatic nitrogens is 1. The van der Waals surface area contributed by atoms with Crippen LogP contribution >= 0.6 is 11.3 Å². The van der Waals surface area contributed by atoms with Gasteiger partial charge in [-0.2, -0.15) is 0 Å². The summed E-state index contributed by atoms with van der Waals surface area (Å²) in [6.45, 7) is 11.6. The maximum absolute atomic E-state index is 12.9. The summed E-state index contributed by atoms with van der Waals surface area (Å²) in [6, 6.07) is 0.955. The van der Waals surface area contributed by atoms with E-state index in [0.29, 0.717) is 37.4 Å². The van der Waals surface area contributed by atoms with E-state index < -0.39 is 0 Å². The van der Waals surface area contributed by atoms with Crippen LogP contribution in [0.25, 0.3) is 0 Å². The SMILES string of the molecule is CC(C)Nc1nc(C(=O)N2CCN(CC(=O)N3CCC(N4CCCCC4)CC3)CC2)cs1. The smallest absolute Gasteiger partial charge is 0.273 e. The van der Waals surface area contributed by atoms with Crippen LogP contribution in [-0.2, 0) is 4.79 Å². The van der Waals surface area contributed by atoms with Crippen molar-refractivity contribution in [1.29, 1.82) is 0 Å². The van der Waals surface area contributed by atoms with Crippen molar-refractivity contribution in [2.24, 2.45) is 0 Å². The van der Waals surface area contributed by atoms with Gasteiger partial charge in [-0.25, -0.2) is 4.98 Å². The van der Waals surface area contributed by atoms with Crippen LogP contribution in [0.5, 0.6) is 0 Å². The predicted molar refractivity (Wildman–Crippen MR) is 128 cm³/mol. The topological polar surface area (TPSA) is 72.0 Å². The van der Waals surface area contributed by atoms with Gasteiger partial charge in [0.15, 0.2) is 5.13 Å². The van der Waals surface area contributed by atoms with Gasteiger partial charge in [-0.3, -0.25) is 14.5 Å². The number of amides is 2. The van der Waals surface area contributed by atoms with Crippen LogP contribution in [0.15, 0.2) is 5.38 Å². The number of thiazole rings is 1. The van der Waals surface area contributed by atoms with Crippen LogP contribution in [0.1, 0.15) is 56.4 Å². The van der Waals surface area contributed by atoms with Gasteiger partial charge in [0.1, 0.15) is 5.69 Å². The Labute approximate surface area is 195 Å². The first-order valence-electron chi connectivity index (χ1n) is 12.2. The molecule has 2 amide bonds. The summed E-state index contributed by atoms with van der Waals surface area (Å²) in [5, 5.41) is 5.87. The number of nitrogens with zero attached hydrogens (tertiary/aromatic N) is 5. The molecular weight excluding hydrogens is 424 g/mol. The highest BCUT2D eigenvalue weighted by Crippen LogP contribution is 2.21. The van der Waals surface area contributed by atoms with Crippen molar-refractivity contribution < 1.29 is 9.59 Å². The summed E-state index contributed by atoms with van der Waals surface area (Å²) in [5.74, 6) is 0.231. The molecule has 0 unspecified atom stereocenters. The molecule has 1 aromatic rings. The zero-order valence-electron chi connectivity index (χ0n) is 19.6. The highest BCUT2D eigenvalue weighted by molar-refractivity contribution is 7.13. The molecule has 0 radical (unpaired) electrons. The minimum absolute atomic E-state index is 0.0104. The van der Waals surface area contributed by atoms with Crippen molar-refractivity contribution in [1.82, 2.24) is 24.6 Å². The summed E-state index contributed by atoms with van der Waals surface area (Å²) < 4.78 is 0. The number of piperazine rings is 1. The molecule has 1 N–H and O–H groups in total. The first kappa shape index (κ1) is 23.4. The van der Waals surface area contributed by atoms with E-state index in [1.165, 1.54) is 43.7 Å². The van der Waals surface area contributed by atoms with E-state index in [-0.39, 0.29) is 11.8 Å². The van der Waals surface area contributed by atoms with E-state index >= 15 is 0 Å². The molecule has 8 nitrogen and oxygen atoms in total. The third-order valence-electron chi connectivity index (χ3n) is 6.88. The molecule has 3 fully saturated rings. The largest absolute Gasteiger partial charge is 0.359 e. The number of likely N-dealkylation sites (tertiary alicyclic amines) is 2. The number of carbonyl (C=O) groups is 2. The van der Waals surface area contributed by atoms with Crippen LogP contribution in [0.3, 0.4) is 0 Å². The fraction of sp³-hybridized carbons (Fsp3) is 0.783. The van der Waals surface area contributed by atoms with Crippen LogP contribution < -0.4 is 5.32 Å². The average Bonchev–Trinajstić information content (AvgIpc) is 3.27. The minimum Gasteiger partial charge on any atom is -0.359 e. The van der Waals surface area contributed by atoms with E-state index in [2.05, 4.69) is 38.8 Å². The van der Waals surface area contributed by atoms with Gasteiger partial charge in [0.25, 0.3) is 5.91 Å². The lowest BCUT2D eigenvalue weighted by Gasteiger charge is -2.41. The Morgan fingerprint density at radius 1 is 1.00 bits per heavy atom. The molecular formula is C23H38N6O2S. The Morgan fingerprint density at radius 2 is 1.69 bits per heavy atom. The monoisotopic (exact) mass is 462 g/mol. The Balaban J connectivity index is 1.18. The number of nitrogens with one attached hydrogen (secondary N) is 1. The van der Waals surface area contributed by atoms with Crippen molar-refractivity contribution >= 4 is 28.3 Å². The second kappa shape index (κ2) is 10.9. The Morgan fingerprint density at radius 3 is 2.34 bits per heavy atom. The van der Waals surface area contributed by atoms with Crippen molar-refractivity contribution in [3.05, 3.63) is 11.1 Å². The average molecular weight is 463 g/mol. The molecule has 3 aliphatic heterocycles. The number of rotatable bonds is 6. The van der Waals surface area contributed by atoms with Crippen LogP contribution in [0.4, 0.5) is 5.13 Å². The molecule has 3 aliphatic rings. The zero-order chi connectivity index (χ0) is 22.5. The van der Waals surface area contributed by atoms with Crippen molar-refractivity contribution in [2.45, 2.75) is 58.0 Å². The standard InChI is InChI=1S/C23H38N6O2S/c1-18(2)24-23-25-20(17-32-23)22(31)29-14-12-26(13-15-29)16-21(30)28-10-6-19(7-11-28)27-8-4-3-5-9-27/h17-19H,3-16H2,1-2H3,(H,24,25). The molecule has 0 atom stereocenters. The molecule has 178 valence electrons. The molecule has 4 rings (SSSR count). The highest BCUT2D eigenvalue weighted by Gasteiger charge is 2.30. The van der Waals surface area contributed by atoms with Gasteiger partial charge in [0.05, 0.1) is 6.54 Å². The van der Waals surface area contributed by atoms with Crippen molar-refractivity contribution in [2.75, 3.05) is 64.2 Å². The summed E-state index contributed by atoms with van der Waals surface area (Å²) in [6.07, 6.45) is 6.23. The minimum atomic E-state index is -0.0104. The Kier molecular flexibility index (Phi) is 8.02. The third-order valence-corrected chi connectivity index (χ3v) is 7.65. The van der Waals surface area contributed by atoms with E-state index in [4.69, 9.17) is 0 Å². The molecule has 0 aliphatic carbocycles. The van der Waals surface area contributed by atoms with E-state index in [0.717, 1.165) is 44.2 Å². The van der Waals surface area contributed by atoms with Gasteiger partial charge in [0.2, 0.25) is 5.91 Å². The molecule has 4 heterocycles. The molecule has 9 heteroatoms. The van der Waals surface area contributed by atoms with Gasteiger partial charge < -0.3 is 20.0 Å². The number of anilines is 1. The van der Waals surface area contributed by atoms with Gasteiger partial charge in [-0.15, -0.1) is 11.3 Å². The molecule has 32 heavy (non-hydrogen) atoms. The first-order chi connectivity index (χ1) is 15.5. The lowest BCUT2D eigenvalue weighted by atomic mass is 10.00. The lowest BCUT2D eigenvalue weighted by Crippen LogP contribution is -2.53. The molecule has 0 bridgehead atoms. The third kappa shape index (κ3) is 5.99. The van der Waals surface area contributed by atoms with E-state index in [1.807, 2.05) is 10.3 Å². The van der Waals surface area contributed by atoms with Crippen molar-refractivity contribution in [3.63, 3.8) is 0 Å². The highest BCUT2D eigenvalue weighted by atomic mass is 32.1. The zero-order valence-corrected chi connectivity index (χ0v) is 20.4. The Hall–Kier alpha value is -1.71. The van der Waals surface area contributed by atoms with Crippen molar-refractivity contribution in [3.8, 4) is 0 Å². The van der Waals surface area contributed by atoms with Crippen LogP contribution in [0.2, 0.25) is 0 Å². The second-order valence-electron chi connectivity index (χ2n) is 9.61. The molecule has 0 aromatic carbocycles. The molecule has 0 spiro atoms. The Bertz CT molecular complexity index is 762. The van der Waals surface area contributed by atoms with E-state index in [1.54, 1.807) is 0 Å². The van der Waals surface area contributed by atoms with E-state index in [9.17, 15) is 9.59 Å². The fourth-order valence-electron chi connectivity index (χ4n) is 5.01. The number of hydrogen-bond donors (Lipinski definition) is 1. The quantitative estimate of drug-likeness (QED) is 0.699. The molecule has 0 saturated carbocycles. The predicted octanol–water partition coefficient (Wildman–Crippen LogP) is 2.20. The maximum Gasteiger partial charge on any atom is 0.273 e. The second-order valence-corrected chi connectivity index (χ2v) is 10.5. The normalized spacial score (nSPS) is 21.8.